The number of likely N-dealkylation sites (tertiary alicyclic amines) is 1. The second-order valence-corrected chi connectivity index (χ2v) is 5.64. The quantitative estimate of drug-likeness (QED) is 0.691. The molecular weight excluding hydrogens is 220 g/mol. The highest BCUT2D eigenvalue weighted by Gasteiger charge is 2.32. The van der Waals surface area contributed by atoms with Crippen LogP contribution in [0.1, 0.15) is 27.2 Å². The van der Waals surface area contributed by atoms with Crippen molar-refractivity contribution in [3.63, 3.8) is 0 Å². The Balaban J connectivity index is 2.55. The number of carbonyl (C=O) groups excluding carboxylic acids is 2. The van der Waals surface area contributed by atoms with Crippen LogP contribution < -0.4 is 0 Å². The van der Waals surface area contributed by atoms with Gasteiger partial charge in [-0.25, -0.2) is 4.79 Å². The Morgan fingerprint density at radius 3 is 2.41 bits per heavy atom. The fourth-order valence-corrected chi connectivity index (χ4v) is 1.84. The van der Waals surface area contributed by atoms with E-state index in [1.165, 1.54) is 4.90 Å². The predicted octanol–water partition coefficient (Wildman–Crippen LogP) is 1.13. The minimum atomic E-state index is -0.515. The summed E-state index contributed by atoms with van der Waals surface area (Å²) in [6.45, 7) is 6.18. The highest BCUT2D eigenvalue weighted by molar-refractivity contribution is 5.89. The standard InChI is InChI=1S/C12H22N2O3/c1-12(2,3)17-11(16)14-7-6-9(13(4)5)10(15)8-14/h9H,6-8H2,1-5H3. The van der Waals surface area contributed by atoms with Crippen molar-refractivity contribution in [3.8, 4) is 0 Å². The molecule has 5 heteroatoms. The van der Waals surface area contributed by atoms with Crippen molar-refractivity contribution in [3.05, 3.63) is 0 Å². The van der Waals surface area contributed by atoms with Crippen LogP contribution in [0.5, 0.6) is 0 Å². The summed E-state index contributed by atoms with van der Waals surface area (Å²) in [6, 6.07) is -0.0753. The van der Waals surface area contributed by atoms with Gasteiger partial charge in [0.2, 0.25) is 0 Å². The molecule has 1 rings (SSSR count). The van der Waals surface area contributed by atoms with Gasteiger partial charge >= 0.3 is 6.09 Å². The third-order valence-electron chi connectivity index (χ3n) is 2.67. The first-order chi connectivity index (χ1) is 7.70. The van der Waals surface area contributed by atoms with E-state index >= 15 is 0 Å². The number of rotatable bonds is 1. The largest absolute Gasteiger partial charge is 0.444 e. The molecular formula is C12H22N2O3. The summed E-state index contributed by atoms with van der Waals surface area (Å²) in [5.41, 5.74) is -0.515. The molecule has 0 aromatic heterocycles. The average Bonchev–Trinajstić information content (AvgIpc) is 2.14. The molecule has 1 aliphatic heterocycles. The first-order valence-electron chi connectivity index (χ1n) is 5.88. The molecule has 0 bridgehead atoms. The molecule has 0 spiro atoms. The zero-order valence-corrected chi connectivity index (χ0v) is 11.3. The van der Waals surface area contributed by atoms with Gasteiger partial charge in [-0.2, -0.15) is 0 Å². The van der Waals surface area contributed by atoms with Gasteiger partial charge in [0.15, 0.2) is 5.78 Å². The fourth-order valence-electron chi connectivity index (χ4n) is 1.84. The monoisotopic (exact) mass is 242 g/mol. The third kappa shape index (κ3) is 4.00. The molecule has 0 aromatic carbocycles. The van der Waals surface area contributed by atoms with E-state index in [4.69, 9.17) is 4.74 Å². The maximum Gasteiger partial charge on any atom is 0.410 e. The van der Waals surface area contributed by atoms with Crippen LogP contribution in [0, 0.1) is 0 Å². The van der Waals surface area contributed by atoms with Gasteiger partial charge in [-0.1, -0.05) is 0 Å². The van der Waals surface area contributed by atoms with E-state index in [1.807, 2.05) is 39.8 Å². The van der Waals surface area contributed by atoms with E-state index in [-0.39, 0.29) is 18.4 Å². The third-order valence-corrected chi connectivity index (χ3v) is 2.67. The molecule has 98 valence electrons. The van der Waals surface area contributed by atoms with Crippen molar-refractivity contribution in [1.29, 1.82) is 0 Å². The second-order valence-electron chi connectivity index (χ2n) is 5.64. The van der Waals surface area contributed by atoms with Crippen molar-refractivity contribution in [2.45, 2.75) is 38.8 Å². The number of ketones is 1. The highest BCUT2D eigenvalue weighted by atomic mass is 16.6. The first kappa shape index (κ1) is 14.0. The maximum atomic E-state index is 11.8. The Bertz CT molecular complexity index is 307. The van der Waals surface area contributed by atoms with Gasteiger partial charge < -0.3 is 9.64 Å². The Labute approximate surface area is 103 Å². The smallest absolute Gasteiger partial charge is 0.410 e. The van der Waals surface area contributed by atoms with Crippen LogP contribution in [-0.4, -0.2) is 60.5 Å². The van der Waals surface area contributed by atoms with Crippen LogP contribution >= 0.6 is 0 Å². The van der Waals surface area contributed by atoms with E-state index in [0.29, 0.717) is 13.0 Å². The van der Waals surface area contributed by atoms with E-state index in [1.54, 1.807) is 0 Å². The molecule has 5 nitrogen and oxygen atoms in total. The molecule has 0 aromatic rings. The highest BCUT2D eigenvalue weighted by Crippen LogP contribution is 2.15. The number of carbonyl (C=O) groups is 2. The van der Waals surface area contributed by atoms with E-state index in [0.717, 1.165) is 0 Å². The molecule has 1 fully saturated rings. The fraction of sp³-hybridized carbons (Fsp3) is 0.833. The van der Waals surface area contributed by atoms with Crippen LogP contribution in [0.3, 0.4) is 0 Å². The Morgan fingerprint density at radius 1 is 1.41 bits per heavy atom. The SMILES string of the molecule is CN(C)C1CCN(C(=O)OC(C)(C)C)CC1=O. The number of amides is 1. The van der Waals surface area contributed by atoms with Gasteiger partial charge in [0.1, 0.15) is 5.60 Å². The minimum absolute atomic E-state index is 0.0753. The second kappa shape index (κ2) is 5.04. The summed E-state index contributed by atoms with van der Waals surface area (Å²) in [5.74, 6) is 0.0760. The predicted molar refractivity (Wildman–Crippen MR) is 64.9 cm³/mol. The van der Waals surface area contributed by atoms with Crippen LogP contribution in [-0.2, 0) is 9.53 Å². The van der Waals surface area contributed by atoms with Crippen molar-refractivity contribution in [1.82, 2.24) is 9.80 Å². The number of likely N-dealkylation sites (N-methyl/N-ethyl adjacent to an activating group) is 1. The normalized spacial score (nSPS) is 21.9. The lowest BCUT2D eigenvalue weighted by atomic mass is 10.0. The summed E-state index contributed by atoms with van der Waals surface area (Å²) in [7, 11) is 3.76. The minimum Gasteiger partial charge on any atom is -0.444 e. The molecule has 0 radical (unpaired) electrons. The molecule has 1 amide bonds. The van der Waals surface area contributed by atoms with Crippen molar-refractivity contribution in [2.24, 2.45) is 0 Å². The Hall–Kier alpha value is -1.10. The lowest BCUT2D eigenvalue weighted by molar-refractivity contribution is -0.127. The number of hydrogen-bond donors (Lipinski definition) is 0. The van der Waals surface area contributed by atoms with E-state index in [9.17, 15) is 9.59 Å². The van der Waals surface area contributed by atoms with Gasteiger partial charge in [0, 0.05) is 6.54 Å². The zero-order chi connectivity index (χ0) is 13.2. The summed E-state index contributed by atoms with van der Waals surface area (Å²) in [5, 5.41) is 0. The van der Waals surface area contributed by atoms with Gasteiger partial charge in [0.05, 0.1) is 12.6 Å². The van der Waals surface area contributed by atoms with Crippen LogP contribution in [0.15, 0.2) is 0 Å². The molecule has 0 saturated carbocycles. The molecule has 1 aliphatic rings. The molecule has 1 saturated heterocycles. The number of piperidine rings is 1. The Morgan fingerprint density at radius 2 is 2.00 bits per heavy atom. The maximum absolute atomic E-state index is 11.8. The molecule has 1 atom stereocenters. The topological polar surface area (TPSA) is 49.9 Å². The molecule has 1 heterocycles. The van der Waals surface area contributed by atoms with Crippen molar-refractivity contribution < 1.29 is 14.3 Å². The summed E-state index contributed by atoms with van der Waals surface area (Å²) in [4.78, 5) is 27.0. The van der Waals surface area contributed by atoms with Crippen molar-refractivity contribution >= 4 is 11.9 Å². The van der Waals surface area contributed by atoms with Crippen LogP contribution in [0.2, 0.25) is 0 Å². The number of Topliss-reactive ketones (excluding diaryl/α,β-unsaturated/α-hetero) is 1. The number of ether oxygens (including phenoxy) is 1. The van der Waals surface area contributed by atoms with Gasteiger partial charge in [0.25, 0.3) is 0 Å². The molecule has 0 N–H and O–H groups in total. The first-order valence-corrected chi connectivity index (χ1v) is 5.88. The van der Waals surface area contributed by atoms with E-state index in [2.05, 4.69) is 0 Å². The Kier molecular flexibility index (Phi) is 4.14. The van der Waals surface area contributed by atoms with E-state index < -0.39 is 11.7 Å². The van der Waals surface area contributed by atoms with Crippen molar-refractivity contribution in [2.75, 3.05) is 27.2 Å². The average molecular weight is 242 g/mol. The van der Waals surface area contributed by atoms with Gasteiger partial charge in [-0.15, -0.1) is 0 Å². The summed E-state index contributed by atoms with van der Waals surface area (Å²) in [6.07, 6.45) is 0.272. The lowest BCUT2D eigenvalue weighted by Gasteiger charge is -2.34. The van der Waals surface area contributed by atoms with Gasteiger partial charge in [-0.3, -0.25) is 9.69 Å². The number of hydrogen-bond acceptors (Lipinski definition) is 4. The van der Waals surface area contributed by atoms with Gasteiger partial charge in [-0.05, 0) is 41.3 Å². The lowest BCUT2D eigenvalue weighted by Crippen LogP contribution is -2.52. The zero-order valence-electron chi connectivity index (χ0n) is 11.3. The molecule has 0 aliphatic carbocycles. The van der Waals surface area contributed by atoms with Crippen LogP contribution in [0.4, 0.5) is 4.79 Å². The summed E-state index contributed by atoms with van der Waals surface area (Å²) < 4.78 is 5.24. The molecule has 17 heavy (non-hydrogen) atoms. The number of nitrogens with zero attached hydrogens (tertiary/aromatic N) is 2. The van der Waals surface area contributed by atoms with Crippen LogP contribution in [0.25, 0.3) is 0 Å². The molecule has 1 unspecified atom stereocenters. The summed E-state index contributed by atoms with van der Waals surface area (Å²) >= 11 is 0.